The summed E-state index contributed by atoms with van der Waals surface area (Å²) in [5.41, 5.74) is 7.27. The molecule has 1 aromatic carbocycles. The highest BCUT2D eigenvalue weighted by atomic mass is 79.9. The maximum absolute atomic E-state index is 5.77. The number of nitrogen functional groups attached to an aromatic ring is 1. The van der Waals surface area contributed by atoms with Gasteiger partial charge in [-0.3, -0.25) is 0 Å². The van der Waals surface area contributed by atoms with Gasteiger partial charge in [0.15, 0.2) is 5.82 Å². The number of anilines is 1. The van der Waals surface area contributed by atoms with Gasteiger partial charge in [-0.15, -0.1) is 0 Å². The van der Waals surface area contributed by atoms with Crippen LogP contribution in [-0.4, -0.2) is 15.9 Å². The van der Waals surface area contributed by atoms with Crippen LogP contribution in [-0.2, 0) is 5.75 Å². The van der Waals surface area contributed by atoms with Gasteiger partial charge in [-0.1, -0.05) is 19.0 Å². The van der Waals surface area contributed by atoms with Gasteiger partial charge in [-0.2, -0.15) is 16.7 Å². The summed E-state index contributed by atoms with van der Waals surface area (Å²) in [6.45, 7) is 4.39. The lowest BCUT2D eigenvalue weighted by atomic mass is 10.2. The fraction of sp³-hybridized carbons (Fsp3) is 0.385. The summed E-state index contributed by atoms with van der Waals surface area (Å²) in [5, 5.41) is 3.99. The number of hydrogen-bond donors (Lipinski definition) is 1. The summed E-state index contributed by atoms with van der Waals surface area (Å²) in [6.07, 6.45) is 0. The Bertz CT molecular complexity index is 557. The third kappa shape index (κ3) is 3.98. The highest BCUT2D eigenvalue weighted by Crippen LogP contribution is 2.29. The van der Waals surface area contributed by atoms with E-state index in [2.05, 4.69) is 39.9 Å². The molecule has 0 unspecified atom stereocenters. The van der Waals surface area contributed by atoms with E-state index in [0.29, 0.717) is 17.5 Å². The number of nitrogens with two attached hydrogens (primary N) is 1. The van der Waals surface area contributed by atoms with E-state index >= 15 is 0 Å². The Kier molecular flexibility index (Phi) is 4.87. The van der Waals surface area contributed by atoms with E-state index in [0.717, 1.165) is 27.4 Å². The average molecular weight is 342 g/mol. The summed E-state index contributed by atoms with van der Waals surface area (Å²) in [4.78, 5) is 4.40. The van der Waals surface area contributed by atoms with Gasteiger partial charge in [-0.25, -0.2) is 0 Å². The summed E-state index contributed by atoms with van der Waals surface area (Å²) in [6, 6.07) is 5.52. The van der Waals surface area contributed by atoms with E-state index in [1.54, 1.807) is 0 Å². The Morgan fingerprint density at radius 3 is 2.95 bits per heavy atom. The molecule has 0 fully saturated rings. The number of rotatable bonds is 5. The van der Waals surface area contributed by atoms with Crippen molar-refractivity contribution in [3.05, 3.63) is 28.5 Å². The molecule has 0 saturated carbocycles. The Labute approximate surface area is 125 Å². The first-order chi connectivity index (χ1) is 9.06. The first-order valence-electron chi connectivity index (χ1n) is 6.02. The molecule has 0 bridgehead atoms. The van der Waals surface area contributed by atoms with Crippen molar-refractivity contribution in [1.82, 2.24) is 10.1 Å². The molecule has 4 nitrogen and oxygen atoms in total. The molecule has 0 aliphatic carbocycles. The van der Waals surface area contributed by atoms with Gasteiger partial charge in [0.1, 0.15) is 0 Å². The van der Waals surface area contributed by atoms with E-state index in [4.69, 9.17) is 10.3 Å². The third-order valence-electron chi connectivity index (χ3n) is 2.37. The minimum atomic E-state index is 0.499. The molecular formula is C13H16BrN3OS. The summed E-state index contributed by atoms with van der Waals surface area (Å²) in [5.74, 6) is 3.74. The molecule has 0 saturated heterocycles. The fourth-order valence-electron chi connectivity index (χ4n) is 1.51. The van der Waals surface area contributed by atoms with Crippen molar-refractivity contribution < 1.29 is 4.52 Å². The molecule has 2 rings (SSSR count). The summed E-state index contributed by atoms with van der Waals surface area (Å²) in [7, 11) is 0. The van der Waals surface area contributed by atoms with Crippen LogP contribution < -0.4 is 5.73 Å². The SMILES string of the molecule is CC(C)CSCc1noc(-c2cc(N)ccc2Br)n1. The molecule has 6 heteroatoms. The first-order valence-corrected chi connectivity index (χ1v) is 7.96. The molecule has 102 valence electrons. The molecule has 1 aromatic heterocycles. The van der Waals surface area contributed by atoms with Gasteiger partial charge in [0, 0.05) is 10.2 Å². The minimum Gasteiger partial charge on any atom is -0.399 e. The zero-order valence-corrected chi connectivity index (χ0v) is 13.3. The Morgan fingerprint density at radius 2 is 2.21 bits per heavy atom. The predicted octanol–water partition coefficient (Wildman–Crippen LogP) is 3.97. The highest BCUT2D eigenvalue weighted by Gasteiger charge is 2.12. The van der Waals surface area contributed by atoms with Crippen molar-refractivity contribution in [2.75, 3.05) is 11.5 Å². The van der Waals surface area contributed by atoms with Crippen LogP contribution in [0.4, 0.5) is 5.69 Å². The topological polar surface area (TPSA) is 64.9 Å². The average Bonchev–Trinajstić information content (AvgIpc) is 2.80. The lowest BCUT2D eigenvalue weighted by Crippen LogP contribution is -1.92. The fourth-order valence-corrected chi connectivity index (χ4v) is 2.82. The van der Waals surface area contributed by atoms with Crippen molar-refractivity contribution >= 4 is 33.4 Å². The number of thioether (sulfide) groups is 1. The third-order valence-corrected chi connectivity index (χ3v) is 4.43. The van der Waals surface area contributed by atoms with Crippen molar-refractivity contribution in [3.63, 3.8) is 0 Å². The Balaban J connectivity index is 2.10. The van der Waals surface area contributed by atoms with Gasteiger partial charge >= 0.3 is 0 Å². The predicted molar refractivity (Wildman–Crippen MR) is 82.8 cm³/mol. The van der Waals surface area contributed by atoms with Crippen molar-refractivity contribution in [1.29, 1.82) is 0 Å². The van der Waals surface area contributed by atoms with Crippen LogP contribution in [0, 0.1) is 5.92 Å². The number of halogens is 1. The number of aromatic nitrogens is 2. The first kappa shape index (κ1) is 14.4. The van der Waals surface area contributed by atoms with E-state index in [1.807, 2.05) is 30.0 Å². The van der Waals surface area contributed by atoms with Gasteiger partial charge in [0.25, 0.3) is 5.89 Å². The molecule has 0 atom stereocenters. The van der Waals surface area contributed by atoms with Crippen LogP contribution >= 0.6 is 27.7 Å². The van der Waals surface area contributed by atoms with Crippen LogP contribution in [0.2, 0.25) is 0 Å². The molecule has 0 aliphatic heterocycles. The molecule has 19 heavy (non-hydrogen) atoms. The standard InChI is InChI=1S/C13H16BrN3OS/c1-8(2)6-19-7-12-16-13(18-17-12)10-5-9(15)3-4-11(10)14/h3-5,8H,6-7,15H2,1-2H3. The van der Waals surface area contributed by atoms with E-state index in [1.165, 1.54) is 0 Å². The molecule has 0 aliphatic rings. The molecule has 2 aromatic rings. The van der Waals surface area contributed by atoms with Crippen LogP contribution in [0.25, 0.3) is 11.5 Å². The lowest BCUT2D eigenvalue weighted by Gasteiger charge is -2.01. The molecular weight excluding hydrogens is 326 g/mol. The second-order valence-electron chi connectivity index (χ2n) is 4.66. The second kappa shape index (κ2) is 6.43. The molecule has 0 amide bonds. The Hall–Kier alpha value is -1.01. The van der Waals surface area contributed by atoms with Gasteiger partial charge < -0.3 is 10.3 Å². The van der Waals surface area contributed by atoms with Crippen molar-refractivity contribution in [3.8, 4) is 11.5 Å². The van der Waals surface area contributed by atoms with E-state index < -0.39 is 0 Å². The normalized spacial score (nSPS) is 11.2. The molecule has 0 spiro atoms. The van der Waals surface area contributed by atoms with Crippen LogP contribution in [0.3, 0.4) is 0 Å². The summed E-state index contributed by atoms with van der Waals surface area (Å²) < 4.78 is 6.18. The molecule has 0 radical (unpaired) electrons. The Morgan fingerprint density at radius 1 is 1.42 bits per heavy atom. The zero-order valence-electron chi connectivity index (χ0n) is 10.9. The van der Waals surface area contributed by atoms with E-state index in [-0.39, 0.29) is 0 Å². The van der Waals surface area contributed by atoms with Gasteiger partial charge in [-0.05, 0) is 45.8 Å². The van der Waals surface area contributed by atoms with Crippen LogP contribution in [0.5, 0.6) is 0 Å². The number of benzene rings is 1. The largest absolute Gasteiger partial charge is 0.399 e. The van der Waals surface area contributed by atoms with Crippen LogP contribution in [0.15, 0.2) is 27.2 Å². The lowest BCUT2D eigenvalue weighted by molar-refractivity contribution is 0.425. The van der Waals surface area contributed by atoms with Crippen molar-refractivity contribution in [2.24, 2.45) is 5.92 Å². The smallest absolute Gasteiger partial charge is 0.259 e. The monoisotopic (exact) mass is 341 g/mol. The zero-order chi connectivity index (χ0) is 13.8. The minimum absolute atomic E-state index is 0.499. The van der Waals surface area contributed by atoms with Crippen LogP contribution in [0.1, 0.15) is 19.7 Å². The van der Waals surface area contributed by atoms with Gasteiger partial charge in [0.05, 0.1) is 11.3 Å². The molecule has 1 heterocycles. The number of nitrogens with zero attached hydrogens (tertiary/aromatic N) is 2. The van der Waals surface area contributed by atoms with Crippen molar-refractivity contribution in [2.45, 2.75) is 19.6 Å². The quantitative estimate of drug-likeness (QED) is 0.833. The van der Waals surface area contributed by atoms with Gasteiger partial charge in [0.2, 0.25) is 0 Å². The highest BCUT2D eigenvalue weighted by molar-refractivity contribution is 9.10. The van der Waals surface area contributed by atoms with E-state index in [9.17, 15) is 0 Å². The maximum atomic E-state index is 5.77. The summed E-state index contributed by atoms with van der Waals surface area (Å²) >= 11 is 5.27. The maximum Gasteiger partial charge on any atom is 0.259 e. The number of hydrogen-bond acceptors (Lipinski definition) is 5. The second-order valence-corrected chi connectivity index (χ2v) is 6.55. The molecule has 2 N–H and O–H groups in total.